The van der Waals surface area contributed by atoms with Gasteiger partial charge in [-0.25, -0.2) is 0 Å². The number of hydrogen-bond donors (Lipinski definition) is 0. The molecule has 0 saturated heterocycles. The predicted octanol–water partition coefficient (Wildman–Crippen LogP) is 4.72. The van der Waals surface area contributed by atoms with Crippen molar-refractivity contribution in [2.24, 2.45) is 0 Å². The molecule has 0 saturated carbocycles. The summed E-state index contributed by atoms with van der Waals surface area (Å²) in [4.78, 5) is 14.1. The Morgan fingerprint density at radius 3 is 2.62 bits per heavy atom. The maximum absolute atomic E-state index is 12.4. The molecule has 1 heterocycles. The zero-order valence-electron chi connectivity index (χ0n) is 12.1. The Kier molecular flexibility index (Phi) is 3.84. The van der Waals surface area contributed by atoms with E-state index < -0.39 is 0 Å². The monoisotopic (exact) mass is 296 g/mol. The van der Waals surface area contributed by atoms with E-state index in [0.717, 1.165) is 26.7 Å². The van der Waals surface area contributed by atoms with Crippen molar-refractivity contribution in [3.05, 3.63) is 64.1 Å². The quantitative estimate of drug-likeness (QED) is 0.766. The van der Waals surface area contributed by atoms with Gasteiger partial charge in [-0.05, 0) is 43.7 Å². The average molecular weight is 296 g/mol. The van der Waals surface area contributed by atoms with Crippen LogP contribution in [0.5, 0.6) is 5.75 Å². The van der Waals surface area contributed by atoms with Crippen molar-refractivity contribution in [3.8, 4) is 5.75 Å². The van der Waals surface area contributed by atoms with Crippen LogP contribution in [0.3, 0.4) is 0 Å². The van der Waals surface area contributed by atoms with Crippen molar-refractivity contribution >= 4 is 23.6 Å². The maximum atomic E-state index is 12.4. The number of rotatable bonds is 3. The Morgan fingerprint density at radius 2 is 1.90 bits per heavy atom. The Balaban J connectivity index is 1.90. The van der Waals surface area contributed by atoms with Crippen molar-refractivity contribution in [3.63, 3.8) is 0 Å². The summed E-state index contributed by atoms with van der Waals surface area (Å²) in [6.45, 7) is 4.63. The number of hydrogen-bond acceptors (Lipinski definition) is 3. The predicted molar refractivity (Wildman–Crippen MR) is 87.0 cm³/mol. The second-order valence-corrected chi connectivity index (χ2v) is 6.03. The van der Waals surface area contributed by atoms with Gasteiger partial charge in [-0.2, -0.15) is 0 Å². The van der Waals surface area contributed by atoms with Gasteiger partial charge < -0.3 is 4.74 Å². The third-order valence-electron chi connectivity index (χ3n) is 3.33. The van der Waals surface area contributed by atoms with Gasteiger partial charge in [0.05, 0.1) is 11.5 Å². The van der Waals surface area contributed by atoms with Crippen molar-refractivity contribution in [2.75, 3.05) is 6.61 Å². The molecule has 0 aromatic heterocycles. The molecule has 1 aliphatic rings. The minimum atomic E-state index is 0.0959. The molecule has 3 heteroatoms. The van der Waals surface area contributed by atoms with Crippen LogP contribution in [-0.2, 0) is 0 Å². The molecule has 0 fully saturated rings. The van der Waals surface area contributed by atoms with Gasteiger partial charge in [0.2, 0.25) is 5.78 Å². The van der Waals surface area contributed by atoms with Crippen LogP contribution in [0.4, 0.5) is 0 Å². The minimum absolute atomic E-state index is 0.0959. The standard InChI is InChI=1S/C18H16O2S/c1-3-20-14-8-9-15-16(11-14)21-17(18(15)19)10-13-6-4-12(2)5-7-13/h4-11H,3H2,1-2H3. The second kappa shape index (κ2) is 5.78. The van der Waals surface area contributed by atoms with E-state index in [1.807, 2.05) is 43.3 Å². The van der Waals surface area contributed by atoms with E-state index in [9.17, 15) is 4.79 Å². The Hall–Kier alpha value is -2.00. The van der Waals surface area contributed by atoms with Gasteiger partial charge in [0.25, 0.3) is 0 Å². The highest BCUT2D eigenvalue weighted by Gasteiger charge is 2.26. The van der Waals surface area contributed by atoms with Crippen molar-refractivity contribution in [1.29, 1.82) is 0 Å². The summed E-state index contributed by atoms with van der Waals surface area (Å²) in [6, 6.07) is 13.8. The highest BCUT2D eigenvalue weighted by molar-refractivity contribution is 8.04. The molecule has 0 atom stereocenters. The molecule has 0 unspecified atom stereocenters. The first-order chi connectivity index (χ1) is 10.2. The van der Waals surface area contributed by atoms with Crippen LogP contribution in [0.1, 0.15) is 28.4 Å². The number of fused-ring (bicyclic) bond motifs is 1. The molecule has 2 aromatic carbocycles. The summed E-state index contributed by atoms with van der Waals surface area (Å²) in [6.07, 6.45) is 1.95. The first-order valence-electron chi connectivity index (χ1n) is 6.95. The van der Waals surface area contributed by atoms with E-state index in [4.69, 9.17) is 4.74 Å². The molecule has 21 heavy (non-hydrogen) atoms. The lowest BCUT2D eigenvalue weighted by Gasteiger charge is -2.03. The molecule has 106 valence electrons. The van der Waals surface area contributed by atoms with E-state index in [0.29, 0.717) is 6.61 Å². The molecule has 0 radical (unpaired) electrons. The van der Waals surface area contributed by atoms with Gasteiger partial charge in [0, 0.05) is 10.5 Å². The smallest absolute Gasteiger partial charge is 0.200 e. The van der Waals surface area contributed by atoms with Crippen molar-refractivity contribution in [2.45, 2.75) is 18.7 Å². The van der Waals surface area contributed by atoms with Crippen LogP contribution >= 0.6 is 11.8 Å². The first-order valence-corrected chi connectivity index (χ1v) is 7.77. The summed E-state index contributed by atoms with van der Waals surface area (Å²) in [5, 5.41) is 0. The molecule has 0 spiro atoms. The molecule has 0 amide bonds. The van der Waals surface area contributed by atoms with Crippen LogP contribution < -0.4 is 4.74 Å². The molecule has 2 nitrogen and oxygen atoms in total. The summed E-state index contributed by atoms with van der Waals surface area (Å²) < 4.78 is 5.49. The third kappa shape index (κ3) is 2.88. The number of thioether (sulfide) groups is 1. The van der Waals surface area contributed by atoms with Crippen LogP contribution in [-0.4, -0.2) is 12.4 Å². The molecule has 0 aliphatic carbocycles. The third-order valence-corrected chi connectivity index (χ3v) is 4.41. The number of carbonyl (C=O) groups is 1. The minimum Gasteiger partial charge on any atom is -0.494 e. The van der Waals surface area contributed by atoms with E-state index in [1.165, 1.54) is 17.3 Å². The molecule has 2 aromatic rings. The number of ether oxygens (including phenoxy) is 1. The number of ketones is 1. The van der Waals surface area contributed by atoms with Crippen LogP contribution in [0.25, 0.3) is 6.08 Å². The topological polar surface area (TPSA) is 26.3 Å². The summed E-state index contributed by atoms with van der Waals surface area (Å²) in [5.74, 6) is 0.909. The normalized spacial score (nSPS) is 15.3. The number of allylic oxidation sites excluding steroid dienone is 1. The first kappa shape index (κ1) is 14.0. The van der Waals surface area contributed by atoms with E-state index >= 15 is 0 Å². The molecular weight excluding hydrogens is 280 g/mol. The lowest BCUT2D eigenvalue weighted by molar-refractivity contribution is 0.104. The molecule has 1 aliphatic heterocycles. The fourth-order valence-electron chi connectivity index (χ4n) is 2.24. The van der Waals surface area contributed by atoms with Gasteiger partial charge in [0.1, 0.15) is 5.75 Å². The van der Waals surface area contributed by atoms with Gasteiger partial charge >= 0.3 is 0 Å². The fraction of sp³-hybridized carbons (Fsp3) is 0.167. The summed E-state index contributed by atoms with van der Waals surface area (Å²) >= 11 is 1.51. The Morgan fingerprint density at radius 1 is 1.14 bits per heavy atom. The zero-order chi connectivity index (χ0) is 14.8. The molecule has 0 N–H and O–H groups in total. The summed E-state index contributed by atoms with van der Waals surface area (Å²) in [7, 11) is 0. The fourth-order valence-corrected chi connectivity index (χ4v) is 3.32. The highest BCUT2D eigenvalue weighted by atomic mass is 32.2. The SMILES string of the molecule is CCOc1ccc2c(c1)SC(=Cc1ccc(C)cc1)C2=O. The Labute approximate surface area is 128 Å². The highest BCUT2D eigenvalue weighted by Crippen LogP contribution is 2.42. The maximum Gasteiger partial charge on any atom is 0.200 e. The summed E-state index contributed by atoms with van der Waals surface area (Å²) in [5.41, 5.74) is 3.03. The van der Waals surface area contributed by atoms with Gasteiger partial charge in [-0.1, -0.05) is 41.6 Å². The largest absolute Gasteiger partial charge is 0.494 e. The number of carbonyl (C=O) groups excluding carboxylic acids is 1. The second-order valence-electron chi connectivity index (χ2n) is 4.94. The molecular formula is C18H16O2S. The van der Waals surface area contributed by atoms with Gasteiger partial charge in [-0.15, -0.1) is 0 Å². The van der Waals surface area contributed by atoms with Crippen molar-refractivity contribution < 1.29 is 9.53 Å². The molecule has 0 bridgehead atoms. The Bertz CT molecular complexity index is 714. The lowest BCUT2D eigenvalue weighted by atomic mass is 10.1. The molecule has 3 rings (SSSR count). The van der Waals surface area contributed by atoms with Crippen LogP contribution in [0.15, 0.2) is 52.3 Å². The lowest BCUT2D eigenvalue weighted by Crippen LogP contribution is -1.95. The van der Waals surface area contributed by atoms with E-state index in [2.05, 4.69) is 19.1 Å². The van der Waals surface area contributed by atoms with E-state index in [-0.39, 0.29) is 5.78 Å². The van der Waals surface area contributed by atoms with Crippen LogP contribution in [0.2, 0.25) is 0 Å². The average Bonchev–Trinajstić information content (AvgIpc) is 2.78. The zero-order valence-corrected chi connectivity index (χ0v) is 12.9. The van der Waals surface area contributed by atoms with Crippen molar-refractivity contribution in [1.82, 2.24) is 0 Å². The van der Waals surface area contributed by atoms with Gasteiger partial charge in [-0.3, -0.25) is 4.79 Å². The number of Topliss-reactive ketones (excluding diaryl/α,β-unsaturated/α-hetero) is 1. The number of benzene rings is 2. The number of aryl methyl sites for hydroxylation is 1. The van der Waals surface area contributed by atoms with E-state index in [1.54, 1.807) is 0 Å². The van der Waals surface area contributed by atoms with Crippen LogP contribution in [0, 0.1) is 6.92 Å². The van der Waals surface area contributed by atoms with Gasteiger partial charge in [0.15, 0.2) is 0 Å².